The zero-order valence-corrected chi connectivity index (χ0v) is 12.4. The van der Waals surface area contributed by atoms with Gasteiger partial charge in [-0.25, -0.2) is 0 Å². The predicted molar refractivity (Wildman–Crippen MR) is 79.3 cm³/mol. The van der Waals surface area contributed by atoms with Crippen molar-refractivity contribution >= 4 is 23.2 Å². The molecule has 0 radical (unpaired) electrons. The number of rotatable bonds is 4. The fourth-order valence-electron chi connectivity index (χ4n) is 2.84. The van der Waals surface area contributed by atoms with Crippen molar-refractivity contribution in [1.82, 2.24) is 0 Å². The minimum absolute atomic E-state index is 0.0687. The van der Waals surface area contributed by atoms with Gasteiger partial charge in [0.1, 0.15) is 0 Å². The van der Waals surface area contributed by atoms with Gasteiger partial charge in [0.05, 0.1) is 20.1 Å². The zero-order valence-electron chi connectivity index (χ0n) is 11.7. The van der Waals surface area contributed by atoms with Crippen molar-refractivity contribution in [3.05, 3.63) is 29.3 Å². The first-order valence-electron chi connectivity index (χ1n) is 6.85. The Kier molecular flexibility index (Phi) is 4.48. The summed E-state index contributed by atoms with van der Waals surface area (Å²) < 4.78 is 0.777. The molecule has 0 spiro atoms. The van der Waals surface area contributed by atoms with E-state index < -0.39 is 0 Å². The molecule has 0 unspecified atom stereocenters. The highest BCUT2D eigenvalue weighted by molar-refractivity contribution is 6.30. The number of carbonyl (C=O) groups excluding carboxylic acids is 1. The summed E-state index contributed by atoms with van der Waals surface area (Å²) >= 11 is 5.82. The highest BCUT2D eigenvalue weighted by Gasteiger charge is 2.32. The van der Waals surface area contributed by atoms with Crippen LogP contribution in [0.5, 0.6) is 0 Å². The van der Waals surface area contributed by atoms with E-state index in [0.717, 1.165) is 10.2 Å². The van der Waals surface area contributed by atoms with E-state index in [4.69, 9.17) is 11.6 Å². The highest BCUT2D eigenvalue weighted by atomic mass is 35.5. The molecule has 0 aromatic heterocycles. The van der Waals surface area contributed by atoms with Crippen LogP contribution in [0.2, 0.25) is 5.02 Å². The van der Waals surface area contributed by atoms with Crippen LogP contribution in [0.1, 0.15) is 25.7 Å². The van der Waals surface area contributed by atoms with E-state index in [-0.39, 0.29) is 5.91 Å². The molecule has 0 saturated heterocycles. The Morgan fingerprint density at radius 2 is 1.84 bits per heavy atom. The van der Waals surface area contributed by atoms with E-state index in [1.165, 1.54) is 25.7 Å². The summed E-state index contributed by atoms with van der Waals surface area (Å²) in [6.45, 7) is 0.521. The Labute approximate surface area is 120 Å². The van der Waals surface area contributed by atoms with Crippen molar-refractivity contribution in [2.45, 2.75) is 31.7 Å². The van der Waals surface area contributed by atoms with Gasteiger partial charge in [0.25, 0.3) is 5.91 Å². The summed E-state index contributed by atoms with van der Waals surface area (Å²) in [6.07, 6.45) is 5.07. The monoisotopic (exact) mass is 281 g/mol. The third-order valence-corrected chi connectivity index (χ3v) is 4.24. The van der Waals surface area contributed by atoms with Crippen molar-refractivity contribution in [2.75, 3.05) is 26.0 Å². The van der Waals surface area contributed by atoms with Gasteiger partial charge in [-0.05, 0) is 49.9 Å². The quantitative estimate of drug-likeness (QED) is 0.843. The molecule has 1 saturated carbocycles. The summed E-state index contributed by atoms with van der Waals surface area (Å²) in [5.74, 6) is 0.0687. The lowest BCUT2D eigenvalue weighted by Crippen LogP contribution is -2.51. The molecule has 104 valence electrons. The maximum atomic E-state index is 12.1. The van der Waals surface area contributed by atoms with Gasteiger partial charge < -0.3 is 9.80 Å². The summed E-state index contributed by atoms with van der Waals surface area (Å²) in [6, 6.07) is 7.85. The van der Waals surface area contributed by atoms with Gasteiger partial charge in [-0.15, -0.1) is 0 Å². The second kappa shape index (κ2) is 5.93. The predicted octanol–water partition coefficient (Wildman–Crippen LogP) is 3.30. The first-order chi connectivity index (χ1) is 8.97. The number of likely N-dealkylation sites (N-methyl/N-ethyl adjacent to an activating group) is 1. The van der Waals surface area contributed by atoms with E-state index in [2.05, 4.69) is 19.4 Å². The average molecular weight is 282 g/mol. The fraction of sp³-hybridized carbons (Fsp3) is 0.533. The van der Waals surface area contributed by atoms with Crippen LogP contribution in [0.15, 0.2) is 24.3 Å². The molecule has 0 aliphatic heterocycles. The molecule has 4 heteroatoms. The number of halogens is 1. The summed E-state index contributed by atoms with van der Waals surface area (Å²) in [5, 5.41) is 3.62. The van der Waals surface area contributed by atoms with Crippen LogP contribution >= 0.6 is 11.6 Å². The molecular formula is C15H22ClN2O+. The van der Waals surface area contributed by atoms with E-state index in [0.29, 0.717) is 17.6 Å². The number of anilines is 1. The lowest BCUT2D eigenvalue weighted by molar-refractivity contribution is -0.906. The van der Waals surface area contributed by atoms with Crippen molar-refractivity contribution in [3.63, 3.8) is 0 Å². The van der Waals surface area contributed by atoms with E-state index in [1.54, 1.807) is 12.1 Å². The summed E-state index contributed by atoms with van der Waals surface area (Å²) in [7, 11) is 4.30. The number of amides is 1. The molecule has 1 aromatic rings. The van der Waals surface area contributed by atoms with Crippen molar-refractivity contribution < 1.29 is 9.28 Å². The molecule has 0 bridgehead atoms. The van der Waals surface area contributed by atoms with Gasteiger partial charge >= 0.3 is 0 Å². The van der Waals surface area contributed by atoms with Crippen LogP contribution < -0.4 is 5.32 Å². The number of nitrogens with zero attached hydrogens (tertiary/aromatic N) is 1. The SMILES string of the molecule is C[N+](C)(CC(=O)Nc1ccc(Cl)cc1)C1CCCC1. The Morgan fingerprint density at radius 3 is 2.42 bits per heavy atom. The molecule has 1 aliphatic carbocycles. The Morgan fingerprint density at radius 1 is 1.26 bits per heavy atom. The number of hydrogen-bond donors (Lipinski definition) is 1. The third kappa shape index (κ3) is 3.95. The van der Waals surface area contributed by atoms with Crippen LogP contribution in [0.4, 0.5) is 5.69 Å². The van der Waals surface area contributed by atoms with Crippen LogP contribution in [0.25, 0.3) is 0 Å². The maximum absolute atomic E-state index is 12.1. The second-order valence-corrected chi connectivity index (χ2v) is 6.37. The van der Waals surface area contributed by atoms with Crippen LogP contribution in [0, 0.1) is 0 Å². The largest absolute Gasteiger partial charge is 0.321 e. The van der Waals surface area contributed by atoms with E-state index in [9.17, 15) is 4.79 Å². The minimum Gasteiger partial charge on any atom is -0.321 e. The lowest BCUT2D eigenvalue weighted by Gasteiger charge is -2.35. The number of benzene rings is 1. The Hall–Kier alpha value is -1.06. The van der Waals surface area contributed by atoms with Gasteiger partial charge in [-0.2, -0.15) is 0 Å². The van der Waals surface area contributed by atoms with Crippen molar-refractivity contribution in [3.8, 4) is 0 Å². The van der Waals surface area contributed by atoms with E-state index >= 15 is 0 Å². The third-order valence-electron chi connectivity index (χ3n) is 3.99. The molecule has 1 amide bonds. The van der Waals surface area contributed by atoms with Crippen molar-refractivity contribution in [2.24, 2.45) is 0 Å². The zero-order chi connectivity index (χ0) is 13.9. The first kappa shape index (κ1) is 14.4. The van der Waals surface area contributed by atoms with Crippen LogP contribution in [0.3, 0.4) is 0 Å². The first-order valence-corrected chi connectivity index (χ1v) is 7.23. The highest BCUT2D eigenvalue weighted by Crippen LogP contribution is 2.26. The normalized spacial score (nSPS) is 16.6. The molecule has 2 rings (SSSR count). The molecule has 3 nitrogen and oxygen atoms in total. The molecule has 1 aromatic carbocycles. The summed E-state index contributed by atoms with van der Waals surface area (Å²) in [4.78, 5) is 12.1. The molecular weight excluding hydrogens is 260 g/mol. The molecule has 1 fully saturated rings. The molecule has 0 heterocycles. The van der Waals surface area contributed by atoms with E-state index in [1.807, 2.05) is 12.1 Å². The average Bonchev–Trinajstić information content (AvgIpc) is 2.85. The summed E-state index contributed by atoms with van der Waals surface area (Å²) in [5.41, 5.74) is 0.806. The molecule has 19 heavy (non-hydrogen) atoms. The smallest absolute Gasteiger partial charge is 0.279 e. The lowest BCUT2D eigenvalue weighted by atomic mass is 10.2. The van der Waals surface area contributed by atoms with Gasteiger partial charge in [0.15, 0.2) is 6.54 Å². The van der Waals surface area contributed by atoms with Gasteiger partial charge in [0.2, 0.25) is 0 Å². The number of quaternary nitrogens is 1. The Bertz CT molecular complexity index is 436. The number of nitrogens with one attached hydrogen (secondary N) is 1. The topological polar surface area (TPSA) is 29.1 Å². The fourth-order valence-corrected chi connectivity index (χ4v) is 2.96. The van der Waals surface area contributed by atoms with Gasteiger partial charge in [0, 0.05) is 10.7 Å². The Balaban J connectivity index is 1.91. The van der Waals surface area contributed by atoms with Gasteiger partial charge in [-0.1, -0.05) is 11.6 Å². The minimum atomic E-state index is 0.0687. The van der Waals surface area contributed by atoms with Crippen LogP contribution in [-0.2, 0) is 4.79 Å². The number of carbonyl (C=O) groups is 1. The molecule has 0 atom stereocenters. The van der Waals surface area contributed by atoms with Gasteiger partial charge in [-0.3, -0.25) is 4.79 Å². The van der Waals surface area contributed by atoms with Crippen LogP contribution in [-0.4, -0.2) is 37.1 Å². The molecule has 1 aliphatic rings. The standard InChI is InChI=1S/C15H21ClN2O/c1-18(2,14-5-3-4-6-14)11-15(19)17-13-9-7-12(16)8-10-13/h7-10,14H,3-6,11H2,1-2H3/p+1. The molecule has 1 N–H and O–H groups in total. The maximum Gasteiger partial charge on any atom is 0.279 e. The van der Waals surface area contributed by atoms with Crippen molar-refractivity contribution in [1.29, 1.82) is 0 Å². The number of hydrogen-bond acceptors (Lipinski definition) is 1. The second-order valence-electron chi connectivity index (χ2n) is 5.93.